The highest BCUT2D eigenvalue weighted by molar-refractivity contribution is 7.99. The van der Waals surface area contributed by atoms with Gasteiger partial charge in [0.05, 0.1) is 23.1 Å². The first-order chi connectivity index (χ1) is 17.9. The zero-order valence-electron chi connectivity index (χ0n) is 21.0. The molecule has 2 heterocycles. The second-order valence-corrected chi connectivity index (χ2v) is 11.6. The van der Waals surface area contributed by atoms with Crippen LogP contribution in [0.15, 0.2) is 53.6 Å². The monoisotopic (exact) mass is 561 g/mol. The number of carbonyl (C=O) groups excluding carboxylic acids is 1. The lowest BCUT2D eigenvalue weighted by atomic mass is 9.73. The van der Waals surface area contributed by atoms with Crippen molar-refractivity contribution in [3.63, 3.8) is 0 Å². The Hall–Kier alpha value is -2.03. The van der Waals surface area contributed by atoms with E-state index >= 15 is 0 Å². The van der Waals surface area contributed by atoms with Gasteiger partial charge in [0.15, 0.2) is 0 Å². The summed E-state index contributed by atoms with van der Waals surface area (Å²) in [4.78, 5) is 20.9. The number of carbonyl (C=O) groups is 1. The lowest BCUT2D eigenvalue weighted by Crippen LogP contribution is -2.48. The maximum absolute atomic E-state index is 12.8. The fourth-order valence-corrected chi connectivity index (χ4v) is 6.32. The molecule has 37 heavy (non-hydrogen) atoms. The largest absolute Gasteiger partial charge is 0.497 e. The van der Waals surface area contributed by atoms with Crippen molar-refractivity contribution in [2.24, 2.45) is 5.41 Å². The molecule has 0 bridgehead atoms. The Morgan fingerprint density at radius 1 is 1.16 bits per heavy atom. The van der Waals surface area contributed by atoms with Crippen molar-refractivity contribution >= 4 is 51.8 Å². The molecule has 1 amide bonds. The van der Waals surface area contributed by atoms with Crippen LogP contribution in [0, 0.1) is 5.41 Å². The smallest absolute Gasteiger partial charge is 0.249 e. The first kappa shape index (κ1) is 28.0. The van der Waals surface area contributed by atoms with Crippen LogP contribution in [0.2, 0.25) is 10.0 Å². The van der Waals surface area contributed by atoms with E-state index in [1.165, 1.54) is 4.90 Å². The number of thioether (sulfide) groups is 1. The zero-order chi connectivity index (χ0) is 26.3. The number of hydroxylamine groups is 1. The molecule has 0 spiro atoms. The Morgan fingerprint density at radius 2 is 1.92 bits per heavy atom. The number of ether oxygens (including phenoxy) is 1. The van der Waals surface area contributed by atoms with Crippen LogP contribution in [0.4, 0.5) is 0 Å². The number of benzene rings is 2. The summed E-state index contributed by atoms with van der Waals surface area (Å²) in [5, 5.41) is 11.9. The van der Waals surface area contributed by atoms with Crippen molar-refractivity contribution in [1.29, 1.82) is 0 Å². The van der Waals surface area contributed by atoms with E-state index in [1.807, 2.05) is 59.7 Å². The Kier molecular flexibility index (Phi) is 9.96. The van der Waals surface area contributed by atoms with Crippen LogP contribution in [0.3, 0.4) is 0 Å². The average Bonchev–Trinajstić information content (AvgIpc) is 2.93. The molecule has 9 heteroatoms. The number of pyridine rings is 1. The first-order valence-corrected chi connectivity index (χ1v) is 14.3. The van der Waals surface area contributed by atoms with Crippen LogP contribution < -0.4 is 10.2 Å². The maximum Gasteiger partial charge on any atom is 0.249 e. The first-order valence-electron chi connectivity index (χ1n) is 12.6. The number of amides is 1. The summed E-state index contributed by atoms with van der Waals surface area (Å²) < 4.78 is 5.39. The summed E-state index contributed by atoms with van der Waals surface area (Å²) in [5.41, 5.74) is 3.25. The molecule has 0 saturated carbocycles. The molecule has 1 aliphatic heterocycles. The number of halogens is 2. The summed E-state index contributed by atoms with van der Waals surface area (Å²) >= 11 is 14.3. The molecule has 2 aromatic carbocycles. The molecule has 1 saturated heterocycles. The number of rotatable bonds is 11. The number of aryl methyl sites for hydroxylation is 1. The Labute approximate surface area is 232 Å². The number of aromatic nitrogens is 1. The number of likely N-dealkylation sites (tertiary alicyclic amines) is 1. The predicted octanol–water partition coefficient (Wildman–Crippen LogP) is 6.64. The van der Waals surface area contributed by atoms with Crippen LogP contribution >= 0.6 is 35.0 Å². The molecular weight excluding hydrogens is 529 g/mol. The van der Waals surface area contributed by atoms with E-state index in [-0.39, 0.29) is 5.91 Å². The van der Waals surface area contributed by atoms with E-state index < -0.39 is 5.41 Å². The molecule has 198 valence electrons. The van der Waals surface area contributed by atoms with Crippen molar-refractivity contribution in [1.82, 2.24) is 15.4 Å². The third-order valence-corrected chi connectivity index (χ3v) is 8.99. The van der Waals surface area contributed by atoms with Gasteiger partial charge < -0.3 is 9.64 Å². The normalized spacial score (nSPS) is 15.6. The Balaban J connectivity index is 1.31. The number of methoxy groups -OCH3 is 1. The van der Waals surface area contributed by atoms with E-state index in [1.54, 1.807) is 13.3 Å². The van der Waals surface area contributed by atoms with E-state index in [4.69, 9.17) is 27.9 Å². The van der Waals surface area contributed by atoms with Crippen LogP contribution in [0.1, 0.15) is 37.7 Å². The summed E-state index contributed by atoms with van der Waals surface area (Å²) in [6.45, 7) is 2.68. The van der Waals surface area contributed by atoms with Gasteiger partial charge in [-0.15, -0.1) is 11.8 Å². The molecule has 6 nitrogen and oxygen atoms in total. The fraction of sp³-hybridized carbons (Fsp3) is 0.429. The quantitative estimate of drug-likeness (QED) is 0.118. The number of nitrogens with zero attached hydrogens (tertiary/aromatic N) is 2. The van der Waals surface area contributed by atoms with Gasteiger partial charge in [-0.1, -0.05) is 23.2 Å². The molecule has 3 aromatic rings. The number of fused-ring (bicyclic) bond motifs is 1. The Morgan fingerprint density at radius 3 is 2.62 bits per heavy atom. The van der Waals surface area contributed by atoms with Crippen molar-refractivity contribution in [3.05, 3.63) is 64.3 Å². The number of nitrogens with one attached hydrogen (secondary N) is 1. The molecule has 2 N–H and O–H groups in total. The van der Waals surface area contributed by atoms with Gasteiger partial charge in [-0.3, -0.25) is 15.0 Å². The van der Waals surface area contributed by atoms with E-state index in [2.05, 4.69) is 9.88 Å². The van der Waals surface area contributed by atoms with Gasteiger partial charge in [0.25, 0.3) is 0 Å². The molecule has 0 atom stereocenters. The number of piperidine rings is 1. The summed E-state index contributed by atoms with van der Waals surface area (Å²) in [7, 11) is 1.64. The maximum atomic E-state index is 12.8. The minimum atomic E-state index is -0.573. The van der Waals surface area contributed by atoms with Crippen LogP contribution in [-0.4, -0.2) is 53.5 Å². The second kappa shape index (κ2) is 13.2. The summed E-state index contributed by atoms with van der Waals surface area (Å²) in [6, 6.07) is 13.7. The van der Waals surface area contributed by atoms with Gasteiger partial charge in [0.1, 0.15) is 5.75 Å². The molecule has 0 unspecified atom stereocenters. The third-order valence-electron chi connectivity index (χ3n) is 7.31. The molecular formula is C28H33Cl2N3O3S. The number of hydrogen-bond donors (Lipinski definition) is 2. The summed E-state index contributed by atoms with van der Waals surface area (Å²) in [6.07, 6.45) is 6.39. The fourth-order valence-electron chi connectivity index (χ4n) is 5.11. The predicted molar refractivity (Wildman–Crippen MR) is 151 cm³/mol. The van der Waals surface area contributed by atoms with Crippen molar-refractivity contribution in [2.45, 2.75) is 43.4 Å². The summed E-state index contributed by atoms with van der Waals surface area (Å²) in [5.74, 6) is 1.51. The standard InChI is InChI=1S/C28H33Cl2N3O3S/c1-36-21-7-10-26-24(18-21)23(25(30)19-31-26)4-2-11-28(27(34)32-35)12-15-33(16-13-28)14-3-17-37-22-8-5-20(29)6-9-22/h5-10,18-19,35H,2-4,11-17H2,1H3,(H,32,34). The highest BCUT2D eigenvalue weighted by Gasteiger charge is 2.40. The SMILES string of the molecule is COc1ccc2ncc(Cl)c(CCCC3(C(=O)NO)CCN(CCCSc4ccc(Cl)cc4)CC3)c2c1. The average molecular weight is 563 g/mol. The molecule has 0 aliphatic carbocycles. The molecule has 1 fully saturated rings. The number of hydrogen-bond acceptors (Lipinski definition) is 6. The van der Waals surface area contributed by atoms with E-state index in [0.29, 0.717) is 11.4 Å². The molecule has 1 aromatic heterocycles. The minimum Gasteiger partial charge on any atom is -0.497 e. The van der Waals surface area contributed by atoms with Crippen molar-refractivity contribution < 1.29 is 14.7 Å². The third kappa shape index (κ3) is 7.09. The highest BCUT2D eigenvalue weighted by Crippen LogP contribution is 2.38. The minimum absolute atomic E-state index is 0.280. The van der Waals surface area contributed by atoms with Gasteiger partial charge in [0, 0.05) is 21.5 Å². The van der Waals surface area contributed by atoms with Crippen molar-refractivity contribution in [2.75, 3.05) is 32.5 Å². The lowest BCUT2D eigenvalue weighted by molar-refractivity contribution is -0.143. The molecule has 1 aliphatic rings. The van der Waals surface area contributed by atoms with E-state index in [0.717, 1.165) is 84.7 Å². The topological polar surface area (TPSA) is 74.7 Å². The van der Waals surface area contributed by atoms with Crippen LogP contribution in [-0.2, 0) is 11.2 Å². The molecule has 4 rings (SSSR count). The van der Waals surface area contributed by atoms with Gasteiger partial charge in [-0.2, -0.15) is 0 Å². The Bertz CT molecular complexity index is 1200. The zero-order valence-corrected chi connectivity index (χ0v) is 23.3. The van der Waals surface area contributed by atoms with E-state index in [9.17, 15) is 10.0 Å². The second-order valence-electron chi connectivity index (χ2n) is 9.54. The van der Waals surface area contributed by atoms with Crippen molar-refractivity contribution in [3.8, 4) is 5.75 Å². The van der Waals surface area contributed by atoms with Gasteiger partial charge in [0.2, 0.25) is 5.91 Å². The highest BCUT2D eigenvalue weighted by atomic mass is 35.5. The van der Waals surface area contributed by atoms with Crippen LogP contribution in [0.25, 0.3) is 10.9 Å². The lowest BCUT2D eigenvalue weighted by Gasteiger charge is -2.40. The van der Waals surface area contributed by atoms with Gasteiger partial charge in [-0.25, -0.2) is 5.48 Å². The van der Waals surface area contributed by atoms with Gasteiger partial charge in [-0.05, 0) is 112 Å². The molecule has 0 radical (unpaired) electrons. The van der Waals surface area contributed by atoms with Gasteiger partial charge >= 0.3 is 0 Å². The van der Waals surface area contributed by atoms with Crippen LogP contribution in [0.5, 0.6) is 5.75 Å².